The summed E-state index contributed by atoms with van der Waals surface area (Å²) in [5.41, 5.74) is 4.97. The van der Waals surface area contributed by atoms with E-state index in [-0.39, 0.29) is 12.4 Å². The van der Waals surface area contributed by atoms with Crippen LogP contribution in [0, 0.1) is 0 Å². The van der Waals surface area contributed by atoms with Crippen LogP contribution in [-0.2, 0) is 4.74 Å². The van der Waals surface area contributed by atoms with Crippen molar-refractivity contribution in [3.8, 4) is 0 Å². The second-order valence-corrected chi connectivity index (χ2v) is 6.27. The molecule has 0 unspecified atom stereocenters. The van der Waals surface area contributed by atoms with Crippen molar-refractivity contribution >= 4 is 29.3 Å². The first kappa shape index (κ1) is 20.7. The number of aliphatic imine (C=N–C) groups is 1. The maximum absolute atomic E-state index is 11.9. The highest BCUT2D eigenvalue weighted by Crippen LogP contribution is 2.30. The maximum Gasteiger partial charge on any atom is 0.411 e. The molecule has 1 N–H and O–H groups in total. The predicted octanol–water partition coefficient (Wildman–Crippen LogP) is 2.99. The van der Waals surface area contributed by atoms with E-state index in [1.807, 2.05) is 49.4 Å². The first-order valence-electron chi connectivity index (χ1n) is 9.12. The van der Waals surface area contributed by atoms with Gasteiger partial charge in [-0.15, -0.1) is 0 Å². The molecule has 0 aromatic heterocycles. The number of ether oxygens (including phenoxy) is 1. The summed E-state index contributed by atoms with van der Waals surface area (Å²) in [6, 6.07) is 17.9. The molecule has 0 radical (unpaired) electrons. The number of nitrogens with one attached hydrogen (secondary N) is 1. The van der Waals surface area contributed by atoms with Gasteiger partial charge in [0.2, 0.25) is 0 Å². The van der Waals surface area contributed by atoms with E-state index in [0.717, 1.165) is 37.1 Å². The quantitative estimate of drug-likeness (QED) is 0.862. The highest BCUT2D eigenvalue weighted by atomic mass is 35.5. The van der Waals surface area contributed by atoms with Gasteiger partial charge >= 0.3 is 6.09 Å². The number of carbonyl (C=O) groups is 1. The minimum Gasteiger partial charge on any atom is -1.00 e. The van der Waals surface area contributed by atoms with E-state index >= 15 is 0 Å². The minimum atomic E-state index is -0.439. The van der Waals surface area contributed by atoms with Crippen LogP contribution in [0.1, 0.15) is 38.2 Å². The van der Waals surface area contributed by atoms with Gasteiger partial charge in [0.15, 0.2) is 0 Å². The molecule has 1 aliphatic carbocycles. The molecule has 2 aromatic carbocycles. The fourth-order valence-corrected chi connectivity index (χ4v) is 2.95. The summed E-state index contributed by atoms with van der Waals surface area (Å²) in [6.07, 6.45) is 5.65. The number of anilines is 1. The van der Waals surface area contributed by atoms with Gasteiger partial charge in [0, 0.05) is 5.71 Å². The predicted molar refractivity (Wildman–Crippen MR) is 107 cm³/mol. The second-order valence-electron chi connectivity index (χ2n) is 6.27. The van der Waals surface area contributed by atoms with E-state index < -0.39 is 6.09 Å². The smallest absolute Gasteiger partial charge is 0.411 e. The van der Waals surface area contributed by atoms with Crippen LogP contribution >= 0.6 is 0 Å². The lowest BCUT2D eigenvalue weighted by Gasteiger charge is -2.09. The van der Waals surface area contributed by atoms with Crippen molar-refractivity contribution < 1.29 is 21.9 Å². The Morgan fingerprint density at radius 2 is 1.85 bits per heavy atom. The summed E-state index contributed by atoms with van der Waals surface area (Å²) in [5, 5.41) is 2.80. The molecular weight excluding hydrogens is 360 g/mol. The van der Waals surface area contributed by atoms with Crippen LogP contribution in [0.25, 0.3) is 6.08 Å². The van der Waals surface area contributed by atoms with Crippen molar-refractivity contribution in [1.82, 2.24) is 0 Å². The van der Waals surface area contributed by atoms with Gasteiger partial charge in [0.25, 0.3) is 0 Å². The molecule has 1 fully saturated rings. The number of rotatable bonds is 5. The maximum atomic E-state index is 11.9. The SMILES string of the molecule is CCCOC(=O)Nc1ccccc1N=C1CCC/C1=C\c1ccccc1.[Cl-]. The molecule has 0 spiro atoms. The van der Waals surface area contributed by atoms with Crippen molar-refractivity contribution in [1.29, 1.82) is 0 Å². The van der Waals surface area contributed by atoms with E-state index in [2.05, 4.69) is 23.5 Å². The van der Waals surface area contributed by atoms with E-state index in [4.69, 9.17) is 9.73 Å². The number of benzene rings is 2. The van der Waals surface area contributed by atoms with Crippen LogP contribution in [0.2, 0.25) is 0 Å². The molecule has 1 amide bonds. The summed E-state index contributed by atoms with van der Waals surface area (Å²) < 4.78 is 5.11. The number of para-hydroxylation sites is 2. The van der Waals surface area contributed by atoms with Gasteiger partial charge in [-0.1, -0.05) is 49.4 Å². The molecule has 142 valence electrons. The summed E-state index contributed by atoms with van der Waals surface area (Å²) in [5.74, 6) is 0. The molecule has 0 atom stereocenters. The molecule has 1 aliphatic rings. The Morgan fingerprint density at radius 3 is 2.63 bits per heavy atom. The van der Waals surface area contributed by atoms with Crippen LogP contribution < -0.4 is 17.7 Å². The third-order valence-corrected chi connectivity index (χ3v) is 4.20. The number of hydrogen-bond donors (Lipinski definition) is 1. The number of nitrogens with zero attached hydrogens (tertiary/aromatic N) is 1. The highest BCUT2D eigenvalue weighted by Gasteiger charge is 2.16. The Labute approximate surface area is 166 Å². The molecule has 0 saturated heterocycles. The molecule has 4 nitrogen and oxygen atoms in total. The van der Waals surface area contributed by atoms with Gasteiger partial charge < -0.3 is 17.1 Å². The van der Waals surface area contributed by atoms with E-state index in [1.165, 1.54) is 11.1 Å². The van der Waals surface area contributed by atoms with Crippen LogP contribution in [0.5, 0.6) is 0 Å². The van der Waals surface area contributed by atoms with Gasteiger partial charge in [-0.3, -0.25) is 10.3 Å². The molecule has 3 rings (SSSR count). The number of allylic oxidation sites excluding steroid dienone is 1. The first-order valence-corrected chi connectivity index (χ1v) is 9.12. The van der Waals surface area contributed by atoms with Crippen LogP contribution in [0.3, 0.4) is 0 Å². The number of halogens is 1. The lowest BCUT2D eigenvalue weighted by molar-refractivity contribution is -0.0000106. The Kier molecular flexibility index (Phi) is 8.08. The van der Waals surface area contributed by atoms with Gasteiger partial charge in [-0.25, -0.2) is 4.79 Å². The topological polar surface area (TPSA) is 50.7 Å². The molecular formula is C22H24ClN2O2-. The van der Waals surface area contributed by atoms with Gasteiger partial charge in [-0.2, -0.15) is 0 Å². The van der Waals surface area contributed by atoms with Crippen molar-refractivity contribution in [2.75, 3.05) is 11.9 Å². The summed E-state index contributed by atoms with van der Waals surface area (Å²) in [6.45, 7) is 2.38. The molecule has 0 aliphatic heterocycles. The molecule has 2 aromatic rings. The van der Waals surface area contributed by atoms with Gasteiger partial charge in [0.05, 0.1) is 18.0 Å². The summed E-state index contributed by atoms with van der Waals surface area (Å²) >= 11 is 0. The first-order chi connectivity index (χ1) is 12.8. The van der Waals surface area contributed by atoms with Crippen LogP contribution in [0.15, 0.2) is 65.2 Å². The number of hydrogen-bond acceptors (Lipinski definition) is 3. The lowest BCUT2D eigenvalue weighted by atomic mass is 10.1. The number of carbonyl (C=O) groups excluding carboxylic acids is 1. The third kappa shape index (κ3) is 5.97. The summed E-state index contributed by atoms with van der Waals surface area (Å²) in [4.78, 5) is 16.7. The van der Waals surface area contributed by atoms with Crippen LogP contribution in [0.4, 0.5) is 16.2 Å². The normalized spacial score (nSPS) is 16.2. The zero-order chi connectivity index (χ0) is 18.2. The van der Waals surface area contributed by atoms with Crippen molar-refractivity contribution in [2.24, 2.45) is 4.99 Å². The third-order valence-electron chi connectivity index (χ3n) is 4.20. The van der Waals surface area contributed by atoms with E-state index in [9.17, 15) is 4.79 Å². The molecule has 0 bridgehead atoms. The molecule has 1 saturated carbocycles. The minimum absolute atomic E-state index is 0. The lowest BCUT2D eigenvalue weighted by Crippen LogP contribution is -3.00. The Hall–Kier alpha value is -2.59. The summed E-state index contributed by atoms with van der Waals surface area (Å²) in [7, 11) is 0. The average molecular weight is 384 g/mol. The molecule has 0 heterocycles. The van der Waals surface area contributed by atoms with Crippen molar-refractivity contribution in [3.05, 3.63) is 65.7 Å². The largest absolute Gasteiger partial charge is 1.00 e. The Morgan fingerprint density at radius 1 is 1.11 bits per heavy atom. The van der Waals surface area contributed by atoms with Gasteiger partial charge in [0.1, 0.15) is 0 Å². The Bertz CT molecular complexity index is 816. The number of amides is 1. The van der Waals surface area contributed by atoms with E-state index in [0.29, 0.717) is 12.3 Å². The van der Waals surface area contributed by atoms with E-state index in [1.54, 1.807) is 0 Å². The Balaban J connectivity index is 0.00000261. The fraction of sp³-hybridized carbons (Fsp3) is 0.273. The molecule has 27 heavy (non-hydrogen) atoms. The highest BCUT2D eigenvalue weighted by molar-refractivity contribution is 6.07. The standard InChI is InChI=1S/C22H24N2O2.ClH/c1-2-15-26-22(25)24-21-13-7-6-12-20(21)23-19-14-8-11-18(19)16-17-9-4-3-5-10-17;/h3-7,9-10,12-13,16H,2,8,11,14-15H2,1H3,(H,24,25);1H/p-1/b18-16+,23-19?;. The molecule has 5 heteroatoms. The monoisotopic (exact) mass is 383 g/mol. The van der Waals surface area contributed by atoms with Gasteiger partial charge in [-0.05, 0) is 55.0 Å². The van der Waals surface area contributed by atoms with Crippen molar-refractivity contribution in [3.63, 3.8) is 0 Å². The van der Waals surface area contributed by atoms with Crippen LogP contribution in [-0.4, -0.2) is 18.4 Å². The fourth-order valence-electron chi connectivity index (χ4n) is 2.95. The zero-order valence-corrected chi connectivity index (χ0v) is 16.2. The zero-order valence-electron chi connectivity index (χ0n) is 15.5. The van der Waals surface area contributed by atoms with Crippen molar-refractivity contribution in [2.45, 2.75) is 32.6 Å². The second kappa shape index (κ2) is 10.5. The average Bonchev–Trinajstić information content (AvgIpc) is 3.09.